The van der Waals surface area contributed by atoms with Gasteiger partial charge < -0.3 is 0 Å². The van der Waals surface area contributed by atoms with Gasteiger partial charge >= 0.3 is 0 Å². The fourth-order valence-electron chi connectivity index (χ4n) is 2.36. The minimum atomic E-state index is -0.910. The van der Waals surface area contributed by atoms with Crippen molar-refractivity contribution >= 4 is 32.8 Å². The summed E-state index contributed by atoms with van der Waals surface area (Å²) in [6.07, 6.45) is 0. The molecule has 0 amide bonds. The number of rotatable bonds is 0. The second kappa shape index (κ2) is 3.93. The summed E-state index contributed by atoms with van der Waals surface area (Å²) in [4.78, 5) is 8.72. The summed E-state index contributed by atoms with van der Waals surface area (Å²) in [7, 11) is 0. The van der Waals surface area contributed by atoms with Gasteiger partial charge in [0.2, 0.25) is 0 Å². The minimum Gasteiger partial charge on any atom is -0.244 e. The first-order chi connectivity index (χ1) is 9.70. The smallest absolute Gasteiger partial charge is 0.161 e. The van der Waals surface area contributed by atoms with E-state index in [9.17, 15) is 8.78 Å². The molecule has 0 spiro atoms. The van der Waals surface area contributed by atoms with E-state index in [0.717, 1.165) is 22.9 Å². The van der Waals surface area contributed by atoms with Crippen LogP contribution in [-0.4, -0.2) is 9.97 Å². The van der Waals surface area contributed by atoms with Crippen molar-refractivity contribution in [1.82, 2.24) is 9.97 Å². The van der Waals surface area contributed by atoms with E-state index in [1.165, 1.54) is 0 Å². The number of fused-ring (bicyclic) bond motifs is 3. The second-order valence-corrected chi connectivity index (χ2v) is 4.67. The lowest BCUT2D eigenvalue weighted by molar-refractivity contribution is 0.510. The van der Waals surface area contributed by atoms with Crippen molar-refractivity contribution < 1.29 is 8.78 Å². The Kier molecular flexibility index (Phi) is 2.21. The topological polar surface area (TPSA) is 25.8 Å². The molecule has 0 aliphatic rings. The molecule has 0 aliphatic carbocycles. The summed E-state index contributed by atoms with van der Waals surface area (Å²) in [6.45, 7) is 0. The van der Waals surface area contributed by atoms with Gasteiger partial charge in [-0.15, -0.1) is 0 Å². The van der Waals surface area contributed by atoms with Gasteiger partial charge in [0.25, 0.3) is 0 Å². The van der Waals surface area contributed by atoms with Crippen LogP contribution in [0.15, 0.2) is 48.5 Å². The summed E-state index contributed by atoms with van der Waals surface area (Å²) in [5.74, 6) is -1.82. The molecule has 0 saturated heterocycles. The van der Waals surface area contributed by atoms with Crippen LogP contribution in [0.3, 0.4) is 0 Å². The molecule has 4 heteroatoms. The molecule has 3 aromatic carbocycles. The van der Waals surface area contributed by atoms with E-state index in [0.29, 0.717) is 22.1 Å². The van der Waals surface area contributed by atoms with Gasteiger partial charge in [-0.3, -0.25) is 0 Å². The predicted octanol–water partition coefficient (Wildman–Crippen LogP) is 4.21. The Hall–Kier alpha value is -2.62. The molecule has 0 bridgehead atoms. The fraction of sp³-hybridized carbons (Fsp3) is 0. The maximum Gasteiger partial charge on any atom is 0.161 e. The number of aromatic nitrogens is 2. The molecular weight excluding hydrogens is 258 g/mol. The molecule has 0 aliphatic heterocycles. The van der Waals surface area contributed by atoms with Crippen LogP contribution in [0.5, 0.6) is 0 Å². The lowest BCUT2D eigenvalue weighted by atomic mass is 10.1. The molecule has 96 valence electrons. The van der Waals surface area contributed by atoms with Crippen molar-refractivity contribution in [3.63, 3.8) is 0 Å². The molecule has 4 aromatic rings. The molecule has 0 N–H and O–H groups in total. The summed E-state index contributed by atoms with van der Waals surface area (Å²) in [5.41, 5.74) is 2.04. The average molecular weight is 266 g/mol. The van der Waals surface area contributed by atoms with E-state index in [-0.39, 0.29) is 0 Å². The zero-order valence-electron chi connectivity index (χ0n) is 10.3. The van der Waals surface area contributed by atoms with Crippen LogP contribution in [0.4, 0.5) is 8.78 Å². The van der Waals surface area contributed by atoms with Crippen LogP contribution in [0.1, 0.15) is 0 Å². The van der Waals surface area contributed by atoms with Crippen LogP contribution in [-0.2, 0) is 0 Å². The average Bonchev–Trinajstić information content (AvgIpc) is 2.44. The maximum atomic E-state index is 13.3. The molecule has 20 heavy (non-hydrogen) atoms. The van der Waals surface area contributed by atoms with Crippen LogP contribution in [0.25, 0.3) is 32.8 Å². The third-order valence-electron chi connectivity index (χ3n) is 3.34. The Bertz CT molecular complexity index is 900. The lowest BCUT2D eigenvalue weighted by Crippen LogP contribution is -1.91. The Balaban J connectivity index is 2.15. The number of benzene rings is 3. The molecule has 0 atom stereocenters. The molecule has 0 saturated carbocycles. The molecule has 2 nitrogen and oxygen atoms in total. The Morgan fingerprint density at radius 1 is 0.600 bits per heavy atom. The van der Waals surface area contributed by atoms with Gasteiger partial charge in [0.15, 0.2) is 11.6 Å². The standard InChI is InChI=1S/C16H8F2N2/c17-11-7-15-16(8-12(11)18)20-14-6-10-4-2-1-3-9(10)5-13(14)19-15/h1-8H. The monoisotopic (exact) mass is 266 g/mol. The van der Waals surface area contributed by atoms with E-state index in [2.05, 4.69) is 9.97 Å². The molecule has 1 aromatic heterocycles. The zero-order chi connectivity index (χ0) is 13.7. The molecule has 4 rings (SSSR count). The van der Waals surface area contributed by atoms with Crippen LogP contribution in [0, 0.1) is 11.6 Å². The molecule has 1 heterocycles. The van der Waals surface area contributed by atoms with Crippen molar-refractivity contribution in [2.24, 2.45) is 0 Å². The van der Waals surface area contributed by atoms with Crippen LogP contribution in [0.2, 0.25) is 0 Å². The second-order valence-electron chi connectivity index (χ2n) is 4.67. The highest BCUT2D eigenvalue weighted by atomic mass is 19.2. The fourth-order valence-corrected chi connectivity index (χ4v) is 2.36. The van der Waals surface area contributed by atoms with Crippen molar-refractivity contribution in [1.29, 1.82) is 0 Å². The summed E-state index contributed by atoms with van der Waals surface area (Å²) < 4.78 is 26.5. The highest BCUT2D eigenvalue weighted by Crippen LogP contribution is 2.23. The number of hydrogen-bond donors (Lipinski definition) is 0. The van der Waals surface area contributed by atoms with E-state index in [1.807, 2.05) is 36.4 Å². The highest BCUT2D eigenvalue weighted by Gasteiger charge is 2.08. The first kappa shape index (κ1) is 11.2. The summed E-state index contributed by atoms with van der Waals surface area (Å²) in [5, 5.41) is 2.08. The summed E-state index contributed by atoms with van der Waals surface area (Å²) >= 11 is 0. The first-order valence-electron chi connectivity index (χ1n) is 6.16. The first-order valence-corrected chi connectivity index (χ1v) is 6.16. The van der Waals surface area contributed by atoms with Gasteiger partial charge in [0.1, 0.15) is 0 Å². The number of hydrogen-bond acceptors (Lipinski definition) is 2. The van der Waals surface area contributed by atoms with Gasteiger partial charge in [-0.2, -0.15) is 0 Å². The Morgan fingerprint density at radius 2 is 1.00 bits per heavy atom. The zero-order valence-corrected chi connectivity index (χ0v) is 10.3. The van der Waals surface area contributed by atoms with E-state index < -0.39 is 11.6 Å². The van der Waals surface area contributed by atoms with Crippen molar-refractivity contribution in [2.75, 3.05) is 0 Å². The highest BCUT2D eigenvalue weighted by molar-refractivity contribution is 5.97. The minimum absolute atomic E-state index is 0.353. The van der Waals surface area contributed by atoms with E-state index in [1.54, 1.807) is 0 Å². The van der Waals surface area contributed by atoms with Crippen LogP contribution >= 0.6 is 0 Å². The van der Waals surface area contributed by atoms with Crippen LogP contribution < -0.4 is 0 Å². The van der Waals surface area contributed by atoms with Crippen molar-refractivity contribution in [3.05, 3.63) is 60.2 Å². The molecule has 0 radical (unpaired) electrons. The lowest BCUT2D eigenvalue weighted by Gasteiger charge is -2.04. The number of halogens is 2. The Morgan fingerprint density at radius 3 is 1.45 bits per heavy atom. The quantitative estimate of drug-likeness (QED) is 0.445. The molecular formula is C16H8F2N2. The number of nitrogens with zero attached hydrogens (tertiary/aromatic N) is 2. The predicted molar refractivity (Wildman–Crippen MR) is 74.5 cm³/mol. The largest absolute Gasteiger partial charge is 0.244 e. The van der Waals surface area contributed by atoms with Gasteiger partial charge in [0, 0.05) is 12.1 Å². The maximum absolute atomic E-state index is 13.3. The van der Waals surface area contributed by atoms with Gasteiger partial charge in [-0.05, 0) is 22.9 Å². The van der Waals surface area contributed by atoms with Gasteiger partial charge in [-0.25, -0.2) is 18.7 Å². The third-order valence-corrected chi connectivity index (χ3v) is 3.34. The van der Waals surface area contributed by atoms with Gasteiger partial charge in [-0.1, -0.05) is 24.3 Å². The Labute approximate surface area is 112 Å². The van der Waals surface area contributed by atoms with E-state index >= 15 is 0 Å². The third kappa shape index (κ3) is 1.61. The van der Waals surface area contributed by atoms with Gasteiger partial charge in [0.05, 0.1) is 22.1 Å². The SMILES string of the molecule is Fc1cc2nc3cc4ccccc4cc3nc2cc1F. The normalized spacial score (nSPS) is 11.5. The van der Waals surface area contributed by atoms with E-state index in [4.69, 9.17) is 0 Å². The summed E-state index contributed by atoms with van der Waals surface area (Å²) in [6, 6.07) is 13.8. The molecule has 0 unspecified atom stereocenters. The van der Waals surface area contributed by atoms with Crippen molar-refractivity contribution in [2.45, 2.75) is 0 Å². The van der Waals surface area contributed by atoms with Crippen molar-refractivity contribution in [3.8, 4) is 0 Å². The molecule has 0 fully saturated rings.